The molecule has 3 rings (SSSR count). The highest BCUT2D eigenvalue weighted by molar-refractivity contribution is 7.19. The van der Waals surface area contributed by atoms with Crippen LogP contribution in [-0.2, 0) is 0 Å². The lowest BCUT2D eigenvalue weighted by Crippen LogP contribution is -1.89. The maximum atomic E-state index is 9.12. The average Bonchev–Trinajstić information content (AvgIpc) is 2.82. The van der Waals surface area contributed by atoms with Gasteiger partial charge in [-0.25, -0.2) is 4.98 Å². The van der Waals surface area contributed by atoms with Crippen molar-refractivity contribution in [2.45, 2.75) is 6.92 Å². The fourth-order valence-electron chi connectivity index (χ4n) is 2.24. The number of pyridine rings is 1. The van der Waals surface area contributed by atoms with E-state index in [2.05, 4.69) is 11.1 Å². The molecule has 2 aromatic heterocycles. The smallest absolute Gasteiger partial charge is 0.130 e. The van der Waals surface area contributed by atoms with Crippen LogP contribution in [0.5, 0.6) is 0 Å². The van der Waals surface area contributed by atoms with E-state index in [0.717, 1.165) is 27.0 Å². The molecule has 0 atom stereocenters. The van der Waals surface area contributed by atoms with E-state index >= 15 is 0 Å². The first kappa shape index (κ1) is 13.3. The largest absolute Gasteiger partial charge is 0.396 e. The van der Waals surface area contributed by atoms with Crippen LogP contribution in [0, 0.1) is 18.3 Å². The maximum absolute atomic E-state index is 9.12. The van der Waals surface area contributed by atoms with E-state index in [1.807, 2.05) is 55.5 Å². The van der Waals surface area contributed by atoms with Crippen LogP contribution in [0.3, 0.4) is 0 Å². The number of thiophene rings is 1. The van der Waals surface area contributed by atoms with E-state index in [9.17, 15) is 0 Å². The van der Waals surface area contributed by atoms with E-state index in [1.54, 1.807) is 0 Å². The predicted octanol–water partition coefficient (Wildman–Crippen LogP) is 4.23. The van der Waals surface area contributed by atoms with Gasteiger partial charge in [-0.05, 0) is 24.1 Å². The normalized spacial score (nSPS) is 11.0. The summed E-state index contributed by atoms with van der Waals surface area (Å²) < 4.78 is 0. The summed E-state index contributed by atoms with van der Waals surface area (Å²) in [6.45, 7) is 1.95. The number of hydrogen-bond acceptors (Lipinski definition) is 4. The molecule has 0 fully saturated rings. The van der Waals surface area contributed by atoms with Gasteiger partial charge in [-0.1, -0.05) is 42.5 Å². The second-order valence-electron chi connectivity index (χ2n) is 4.73. The van der Waals surface area contributed by atoms with Gasteiger partial charge in [-0.3, -0.25) is 0 Å². The molecule has 3 nitrogen and oxygen atoms in total. The number of nitriles is 1. The summed E-state index contributed by atoms with van der Waals surface area (Å²) in [6, 6.07) is 14.2. The van der Waals surface area contributed by atoms with Crippen LogP contribution in [0.25, 0.3) is 22.4 Å². The molecule has 1 aromatic carbocycles. The van der Waals surface area contributed by atoms with Gasteiger partial charge in [0.1, 0.15) is 15.8 Å². The Balaban J connectivity index is 2.16. The van der Waals surface area contributed by atoms with Gasteiger partial charge in [-0.15, -0.1) is 11.3 Å². The van der Waals surface area contributed by atoms with Gasteiger partial charge in [0.15, 0.2) is 0 Å². The van der Waals surface area contributed by atoms with Crippen LogP contribution in [0.1, 0.15) is 21.7 Å². The molecular formula is C17H13N3S. The van der Waals surface area contributed by atoms with Crippen LogP contribution in [0.4, 0.5) is 5.69 Å². The summed E-state index contributed by atoms with van der Waals surface area (Å²) in [4.78, 5) is 5.82. The Morgan fingerprint density at radius 2 is 2.00 bits per heavy atom. The quantitative estimate of drug-likeness (QED) is 0.768. The third kappa shape index (κ3) is 2.51. The number of aryl methyl sites for hydroxylation is 1. The molecule has 0 saturated carbocycles. The van der Waals surface area contributed by atoms with Crippen molar-refractivity contribution in [1.29, 1.82) is 5.26 Å². The van der Waals surface area contributed by atoms with Crippen molar-refractivity contribution in [2.75, 3.05) is 5.73 Å². The molecule has 0 saturated heterocycles. The third-order valence-electron chi connectivity index (χ3n) is 3.21. The van der Waals surface area contributed by atoms with Crippen molar-refractivity contribution >= 4 is 39.4 Å². The van der Waals surface area contributed by atoms with Gasteiger partial charge >= 0.3 is 0 Å². The summed E-state index contributed by atoms with van der Waals surface area (Å²) >= 11 is 1.34. The van der Waals surface area contributed by atoms with Crippen molar-refractivity contribution < 1.29 is 0 Å². The predicted molar refractivity (Wildman–Crippen MR) is 88.9 cm³/mol. The van der Waals surface area contributed by atoms with E-state index in [-0.39, 0.29) is 0 Å². The number of rotatable bonds is 2. The topological polar surface area (TPSA) is 62.7 Å². The Hall–Kier alpha value is -2.64. The lowest BCUT2D eigenvalue weighted by atomic mass is 10.1. The third-order valence-corrected chi connectivity index (χ3v) is 4.22. The van der Waals surface area contributed by atoms with Gasteiger partial charge in [-0.2, -0.15) is 5.26 Å². The molecule has 0 spiro atoms. The monoisotopic (exact) mass is 291 g/mol. The van der Waals surface area contributed by atoms with E-state index < -0.39 is 0 Å². The molecule has 3 aromatic rings. The number of nitrogen functional groups attached to an aromatic ring is 1. The second-order valence-corrected chi connectivity index (χ2v) is 5.73. The van der Waals surface area contributed by atoms with Crippen molar-refractivity contribution in [3.63, 3.8) is 0 Å². The molecule has 0 bridgehead atoms. The Morgan fingerprint density at radius 1 is 1.24 bits per heavy atom. The molecule has 2 N–H and O–H groups in total. The van der Waals surface area contributed by atoms with Gasteiger partial charge in [0, 0.05) is 11.1 Å². The molecule has 0 aliphatic rings. The number of anilines is 1. The summed E-state index contributed by atoms with van der Waals surface area (Å²) in [5.74, 6) is 0. The minimum absolute atomic E-state index is 0.525. The zero-order valence-corrected chi connectivity index (χ0v) is 12.3. The molecule has 0 aliphatic carbocycles. The Kier molecular flexibility index (Phi) is 3.43. The summed E-state index contributed by atoms with van der Waals surface area (Å²) in [6.07, 6.45) is 4.06. The first-order chi connectivity index (χ1) is 10.2. The van der Waals surface area contributed by atoms with Crippen LogP contribution >= 0.6 is 11.3 Å². The van der Waals surface area contributed by atoms with E-state index in [0.29, 0.717) is 10.6 Å². The average molecular weight is 291 g/mol. The molecule has 0 aliphatic heterocycles. The fourth-order valence-corrected chi connectivity index (χ4v) is 3.21. The number of nitrogens with zero attached hydrogens (tertiary/aromatic N) is 2. The summed E-state index contributed by atoms with van der Waals surface area (Å²) in [7, 11) is 0. The fraction of sp³-hybridized carbons (Fsp3) is 0.0588. The highest BCUT2D eigenvalue weighted by Crippen LogP contribution is 2.35. The molecule has 0 amide bonds. The Bertz CT molecular complexity index is 870. The highest BCUT2D eigenvalue weighted by atomic mass is 32.1. The van der Waals surface area contributed by atoms with Crippen LogP contribution < -0.4 is 5.73 Å². The molecule has 4 heteroatoms. The van der Waals surface area contributed by atoms with Crippen molar-refractivity contribution in [1.82, 2.24) is 4.98 Å². The molecule has 2 heterocycles. The SMILES string of the molecule is Cc1cc(/C=C/c2ccccc2)c2c(N)c(C#N)sc2n1. The van der Waals surface area contributed by atoms with Crippen molar-refractivity contribution in [3.05, 3.63) is 58.1 Å². The van der Waals surface area contributed by atoms with Crippen LogP contribution in [0.2, 0.25) is 0 Å². The van der Waals surface area contributed by atoms with Crippen LogP contribution in [-0.4, -0.2) is 4.98 Å². The van der Waals surface area contributed by atoms with Crippen molar-refractivity contribution in [3.8, 4) is 6.07 Å². The zero-order valence-electron chi connectivity index (χ0n) is 11.5. The number of aromatic nitrogens is 1. The van der Waals surface area contributed by atoms with Crippen molar-refractivity contribution in [2.24, 2.45) is 0 Å². The molecule has 0 radical (unpaired) electrons. The summed E-state index contributed by atoms with van der Waals surface area (Å²) in [5.41, 5.74) is 9.64. The maximum Gasteiger partial charge on any atom is 0.130 e. The standard InChI is InChI=1S/C17H13N3S/c1-11-9-13(8-7-12-5-3-2-4-6-12)15-16(19)14(10-18)21-17(15)20-11/h2-9H,19H2,1H3/b8-7+. The van der Waals surface area contributed by atoms with Gasteiger partial charge in [0.25, 0.3) is 0 Å². The number of fused-ring (bicyclic) bond motifs is 1. The Morgan fingerprint density at radius 3 is 2.71 bits per heavy atom. The molecule has 0 unspecified atom stereocenters. The van der Waals surface area contributed by atoms with Gasteiger partial charge < -0.3 is 5.73 Å². The number of benzene rings is 1. The van der Waals surface area contributed by atoms with Gasteiger partial charge in [0.2, 0.25) is 0 Å². The Labute approximate surface area is 127 Å². The minimum atomic E-state index is 0.525. The summed E-state index contributed by atoms with van der Waals surface area (Å²) in [5, 5.41) is 9.99. The molecular weight excluding hydrogens is 278 g/mol. The first-order valence-electron chi connectivity index (χ1n) is 6.52. The zero-order chi connectivity index (χ0) is 14.8. The molecule has 102 valence electrons. The molecule has 21 heavy (non-hydrogen) atoms. The lowest BCUT2D eigenvalue weighted by Gasteiger charge is -2.01. The second kappa shape index (κ2) is 5.39. The first-order valence-corrected chi connectivity index (χ1v) is 7.33. The number of hydrogen-bond donors (Lipinski definition) is 1. The highest BCUT2D eigenvalue weighted by Gasteiger charge is 2.13. The lowest BCUT2D eigenvalue weighted by molar-refractivity contribution is 1.27. The van der Waals surface area contributed by atoms with Crippen LogP contribution in [0.15, 0.2) is 36.4 Å². The van der Waals surface area contributed by atoms with Gasteiger partial charge in [0.05, 0.1) is 5.69 Å². The number of nitrogens with two attached hydrogens (primary N) is 1. The van der Waals surface area contributed by atoms with E-state index in [1.165, 1.54) is 11.3 Å². The van der Waals surface area contributed by atoms with E-state index in [4.69, 9.17) is 11.0 Å². The minimum Gasteiger partial charge on any atom is -0.396 e.